The van der Waals surface area contributed by atoms with E-state index in [0.717, 1.165) is 25.7 Å². The van der Waals surface area contributed by atoms with Crippen molar-refractivity contribution in [2.75, 3.05) is 13.1 Å². The highest BCUT2D eigenvalue weighted by atomic mass is 16.5. The Bertz CT molecular complexity index is 460. The van der Waals surface area contributed by atoms with Crippen LogP contribution in [0.3, 0.4) is 0 Å². The molecule has 0 radical (unpaired) electrons. The summed E-state index contributed by atoms with van der Waals surface area (Å²) in [5.74, 6) is -0.596. The molecule has 1 unspecified atom stereocenters. The van der Waals surface area contributed by atoms with Crippen molar-refractivity contribution >= 4 is 11.9 Å². The van der Waals surface area contributed by atoms with Crippen LogP contribution >= 0.6 is 0 Å². The second kappa shape index (κ2) is 6.80. The molecule has 2 aliphatic carbocycles. The van der Waals surface area contributed by atoms with Gasteiger partial charge in [-0.05, 0) is 38.0 Å². The second-order valence-electron chi connectivity index (χ2n) is 7.56. The predicted octanol–water partition coefficient (Wildman–Crippen LogP) is 2.83. The lowest BCUT2D eigenvalue weighted by atomic mass is 9.81. The number of fused-ring (bicyclic) bond motifs is 1. The van der Waals surface area contributed by atoms with Gasteiger partial charge in [0.2, 0.25) is 0 Å². The highest BCUT2D eigenvalue weighted by Gasteiger charge is 2.56. The summed E-state index contributed by atoms with van der Waals surface area (Å²) in [6.45, 7) is 2.95. The zero-order chi connectivity index (χ0) is 16.4. The molecule has 0 bridgehead atoms. The molecule has 3 rings (SSSR count). The molecule has 130 valence electrons. The highest BCUT2D eigenvalue weighted by molar-refractivity contribution is 5.84. The summed E-state index contributed by atoms with van der Waals surface area (Å²) in [5, 5.41) is 9.66. The quantitative estimate of drug-likeness (QED) is 0.845. The Balaban J connectivity index is 1.64. The lowest BCUT2D eigenvalue weighted by molar-refractivity contribution is -0.152. The summed E-state index contributed by atoms with van der Waals surface area (Å²) in [7, 11) is 0. The van der Waals surface area contributed by atoms with E-state index in [1.807, 2.05) is 6.92 Å². The van der Waals surface area contributed by atoms with Gasteiger partial charge in [0, 0.05) is 13.1 Å². The topological polar surface area (TPSA) is 66.8 Å². The van der Waals surface area contributed by atoms with E-state index in [2.05, 4.69) is 0 Å². The third-order valence-electron chi connectivity index (χ3n) is 6.16. The Morgan fingerprint density at radius 2 is 1.96 bits per heavy atom. The van der Waals surface area contributed by atoms with Gasteiger partial charge in [0.05, 0.1) is 11.5 Å². The smallest absolute Gasteiger partial charge is 0.311 e. The Hall–Kier alpha value is -1.10. The van der Waals surface area contributed by atoms with Crippen molar-refractivity contribution in [1.29, 1.82) is 0 Å². The number of hydrogen-bond acceptors (Lipinski definition) is 3. The molecule has 23 heavy (non-hydrogen) atoms. The Kier molecular flexibility index (Phi) is 4.95. The fourth-order valence-corrected chi connectivity index (χ4v) is 4.77. The van der Waals surface area contributed by atoms with E-state index in [-0.39, 0.29) is 17.9 Å². The molecule has 3 aliphatic rings. The average molecular weight is 323 g/mol. The van der Waals surface area contributed by atoms with Crippen LogP contribution in [0.25, 0.3) is 0 Å². The number of likely N-dealkylation sites (tertiary alicyclic amines) is 1. The Morgan fingerprint density at radius 3 is 2.57 bits per heavy atom. The summed E-state index contributed by atoms with van der Waals surface area (Å²) in [5.41, 5.74) is -0.696. The van der Waals surface area contributed by atoms with Crippen LogP contribution < -0.4 is 0 Å². The summed E-state index contributed by atoms with van der Waals surface area (Å²) >= 11 is 0. The molecule has 0 aromatic rings. The predicted molar refractivity (Wildman–Crippen MR) is 86.0 cm³/mol. The molecule has 1 aliphatic heterocycles. The number of amides is 1. The number of rotatable bonds is 5. The lowest BCUT2D eigenvalue weighted by Gasteiger charge is -2.30. The standard InChI is InChI=1S/C18H29NO4/c1-2-15(23-14-8-4-3-5-9-14)16(20)19-11-13-7-6-10-18(13,12-19)17(21)22/h13-15H,2-12H2,1H3,(H,21,22)/t13-,15?,18+/m0/s1. The molecule has 2 saturated carbocycles. The van der Waals surface area contributed by atoms with E-state index >= 15 is 0 Å². The molecule has 1 N–H and O–H groups in total. The van der Waals surface area contributed by atoms with Crippen molar-refractivity contribution in [3.8, 4) is 0 Å². The van der Waals surface area contributed by atoms with E-state index < -0.39 is 17.5 Å². The van der Waals surface area contributed by atoms with Gasteiger partial charge < -0.3 is 14.7 Å². The number of nitrogens with zero attached hydrogens (tertiary/aromatic N) is 1. The first-order valence-corrected chi connectivity index (χ1v) is 9.24. The van der Waals surface area contributed by atoms with Gasteiger partial charge in [-0.15, -0.1) is 0 Å². The monoisotopic (exact) mass is 323 g/mol. The van der Waals surface area contributed by atoms with Gasteiger partial charge in [0.1, 0.15) is 6.10 Å². The van der Waals surface area contributed by atoms with Crippen LogP contribution in [0.15, 0.2) is 0 Å². The van der Waals surface area contributed by atoms with Crippen molar-refractivity contribution in [2.45, 2.75) is 76.9 Å². The largest absolute Gasteiger partial charge is 0.481 e. The van der Waals surface area contributed by atoms with Gasteiger partial charge in [-0.1, -0.05) is 32.6 Å². The molecule has 0 spiro atoms. The van der Waals surface area contributed by atoms with Gasteiger partial charge in [-0.3, -0.25) is 9.59 Å². The maximum absolute atomic E-state index is 12.9. The number of carbonyl (C=O) groups is 2. The van der Waals surface area contributed by atoms with Crippen LogP contribution in [0.2, 0.25) is 0 Å². The first kappa shape index (κ1) is 16.7. The maximum Gasteiger partial charge on any atom is 0.311 e. The van der Waals surface area contributed by atoms with E-state index in [1.54, 1.807) is 4.90 Å². The SMILES string of the molecule is CCC(OC1CCCCC1)C(=O)N1C[C@@H]2CCC[C@@]2(C(=O)O)C1. The molecule has 5 nitrogen and oxygen atoms in total. The molecule has 3 fully saturated rings. The van der Waals surface area contributed by atoms with Gasteiger partial charge in [0.15, 0.2) is 0 Å². The van der Waals surface area contributed by atoms with E-state index in [1.165, 1.54) is 19.3 Å². The number of hydrogen-bond donors (Lipinski definition) is 1. The van der Waals surface area contributed by atoms with Crippen LogP contribution in [0.5, 0.6) is 0 Å². The van der Waals surface area contributed by atoms with Gasteiger partial charge in [-0.25, -0.2) is 0 Å². The van der Waals surface area contributed by atoms with Crippen molar-refractivity contribution in [1.82, 2.24) is 4.90 Å². The average Bonchev–Trinajstić information content (AvgIpc) is 3.11. The Labute approximate surface area is 138 Å². The van der Waals surface area contributed by atoms with Crippen LogP contribution in [0.1, 0.15) is 64.7 Å². The Morgan fingerprint density at radius 1 is 1.22 bits per heavy atom. The van der Waals surface area contributed by atoms with E-state index in [4.69, 9.17) is 4.74 Å². The summed E-state index contributed by atoms with van der Waals surface area (Å²) < 4.78 is 6.09. The van der Waals surface area contributed by atoms with Crippen molar-refractivity contribution in [3.63, 3.8) is 0 Å². The number of aliphatic carboxylic acids is 1. The van der Waals surface area contributed by atoms with E-state index in [0.29, 0.717) is 25.9 Å². The van der Waals surface area contributed by atoms with Crippen LogP contribution in [0, 0.1) is 11.3 Å². The second-order valence-corrected chi connectivity index (χ2v) is 7.56. The number of carboxylic acids is 1. The van der Waals surface area contributed by atoms with Gasteiger partial charge in [0.25, 0.3) is 5.91 Å². The molecule has 3 atom stereocenters. The minimum absolute atomic E-state index is 0.00750. The summed E-state index contributed by atoms with van der Waals surface area (Å²) in [6.07, 6.45) is 8.79. The molecular formula is C18H29NO4. The lowest BCUT2D eigenvalue weighted by Crippen LogP contribution is -2.43. The molecule has 1 heterocycles. The van der Waals surface area contributed by atoms with Gasteiger partial charge in [-0.2, -0.15) is 0 Å². The van der Waals surface area contributed by atoms with Crippen LogP contribution in [-0.4, -0.2) is 47.2 Å². The first-order valence-electron chi connectivity index (χ1n) is 9.24. The molecule has 5 heteroatoms. The minimum atomic E-state index is -0.725. The van der Waals surface area contributed by atoms with Crippen LogP contribution in [0.4, 0.5) is 0 Å². The number of ether oxygens (including phenoxy) is 1. The van der Waals surface area contributed by atoms with Crippen LogP contribution in [-0.2, 0) is 14.3 Å². The molecular weight excluding hydrogens is 294 g/mol. The summed E-state index contributed by atoms with van der Waals surface area (Å²) in [4.78, 5) is 26.4. The fraction of sp³-hybridized carbons (Fsp3) is 0.889. The number of carbonyl (C=O) groups excluding carboxylic acids is 1. The highest BCUT2D eigenvalue weighted by Crippen LogP contribution is 2.49. The first-order chi connectivity index (χ1) is 11.1. The third-order valence-corrected chi connectivity index (χ3v) is 6.16. The molecule has 0 aromatic carbocycles. The van der Waals surface area contributed by atoms with Crippen molar-refractivity contribution in [2.24, 2.45) is 11.3 Å². The fourth-order valence-electron chi connectivity index (χ4n) is 4.77. The summed E-state index contributed by atoms with van der Waals surface area (Å²) in [6, 6.07) is 0. The zero-order valence-corrected chi connectivity index (χ0v) is 14.1. The molecule has 0 aromatic heterocycles. The maximum atomic E-state index is 12.9. The van der Waals surface area contributed by atoms with Crippen molar-refractivity contribution in [3.05, 3.63) is 0 Å². The normalized spacial score (nSPS) is 32.7. The van der Waals surface area contributed by atoms with E-state index in [9.17, 15) is 14.7 Å². The minimum Gasteiger partial charge on any atom is -0.481 e. The zero-order valence-electron chi connectivity index (χ0n) is 14.1. The molecule has 1 amide bonds. The molecule has 1 saturated heterocycles. The van der Waals surface area contributed by atoms with Crippen molar-refractivity contribution < 1.29 is 19.4 Å². The van der Waals surface area contributed by atoms with Gasteiger partial charge >= 0.3 is 5.97 Å². The number of carboxylic acid groups (broad SMARTS) is 1. The third kappa shape index (κ3) is 3.12.